The smallest absolute Gasteiger partial charge is 0.337 e. The molecule has 0 heterocycles. The molecule has 2 aromatic rings. The van der Waals surface area contributed by atoms with E-state index in [1.165, 1.54) is 6.07 Å². The lowest BCUT2D eigenvalue weighted by atomic mass is 10.2. The Bertz CT molecular complexity index is 806. The summed E-state index contributed by atoms with van der Waals surface area (Å²) in [7, 11) is -4.07. The van der Waals surface area contributed by atoms with Crippen molar-refractivity contribution < 1.29 is 18.3 Å². The molecule has 0 aliphatic rings. The minimum Gasteiger partial charge on any atom is -0.478 e. The highest BCUT2D eigenvalue weighted by Gasteiger charge is 2.23. The quantitative estimate of drug-likeness (QED) is 0.716. The van der Waals surface area contributed by atoms with Crippen LogP contribution < -0.4 is 10.5 Å². The van der Waals surface area contributed by atoms with Crippen molar-refractivity contribution in [2.75, 3.05) is 10.5 Å². The number of benzene rings is 2. The normalized spacial score (nSPS) is 11.1. The van der Waals surface area contributed by atoms with Crippen LogP contribution in [0, 0.1) is 0 Å². The van der Waals surface area contributed by atoms with Crippen LogP contribution in [0.25, 0.3) is 0 Å². The predicted molar refractivity (Wildman–Crippen MR) is 82.8 cm³/mol. The van der Waals surface area contributed by atoms with E-state index >= 15 is 0 Å². The number of nitrogens with two attached hydrogens (primary N) is 1. The molecule has 0 radical (unpaired) electrons. The Hall–Kier alpha value is -2.06. The molecule has 0 aromatic heterocycles. The summed E-state index contributed by atoms with van der Waals surface area (Å²) in [6, 6.07) is 10.2. The lowest BCUT2D eigenvalue weighted by Crippen LogP contribution is -2.17. The van der Waals surface area contributed by atoms with E-state index in [0.717, 1.165) is 12.1 Å². The molecule has 2 aromatic carbocycles. The van der Waals surface area contributed by atoms with Gasteiger partial charge in [-0.1, -0.05) is 12.1 Å². The summed E-state index contributed by atoms with van der Waals surface area (Å²) in [5.74, 6) is -1.34. The van der Waals surface area contributed by atoms with Gasteiger partial charge in [-0.15, -0.1) is 0 Å². The van der Waals surface area contributed by atoms with Crippen LogP contribution in [-0.2, 0) is 10.0 Å². The fourth-order valence-corrected chi connectivity index (χ4v) is 3.51. The van der Waals surface area contributed by atoms with E-state index in [-0.39, 0.29) is 16.1 Å². The Morgan fingerprint density at radius 1 is 1.19 bits per heavy atom. The molecule has 6 nitrogen and oxygen atoms in total. The summed E-state index contributed by atoms with van der Waals surface area (Å²) >= 11 is 3.22. The SMILES string of the molecule is Nc1ccc(C(=O)O)c(S(=O)(=O)Nc2ccccc2Br)c1. The Morgan fingerprint density at radius 3 is 2.48 bits per heavy atom. The molecule has 0 spiro atoms. The average Bonchev–Trinajstić information content (AvgIpc) is 2.41. The van der Waals surface area contributed by atoms with Crippen LogP contribution in [0.4, 0.5) is 11.4 Å². The van der Waals surface area contributed by atoms with Crippen LogP contribution in [0.1, 0.15) is 10.4 Å². The van der Waals surface area contributed by atoms with Gasteiger partial charge >= 0.3 is 5.97 Å². The van der Waals surface area contributed by atoms with Gasteiger partial charge in [0.05, 0.1) is 11.3 Å². The first kappa shape index (κ1) is 15.3. The fraction of sp³-hybridized carbons (Fsp3) is 0. The number of para-hydroxylation sites is 1. The summed E-state index contributed by atoms with van der Waals surface area (Å²) in [5, 5.41) is 9.10. The second-order valence-electron chi connectivity index (χ2n) is 4.15. The highest BCUT2D eigenvalue weighted by atomic mass is 79.9. The number of nitrogens with one attached hydrogen (secondary N) is 1. The summed E-state index contributed by atoms with van der Waals surface area (Å²) < 4.78 is 27.6. The number of hydrogen-bond acceptors (Lipinski definition) is 4. The van der Waals surface area contributed by atoms with E-state index < -0.39 is 16.0 Å². The number of anilines is 2. The molecule has 0 atom stereocenters. The number of carbonyl (C=O) groups is 1. The summed E-state index contributed by atoms with van der Waals surface area (Å²) in [4.78, 5) is 10.8. The van der Waals surface area contributed by atoms with Gasteiger partial charge in [-0.2, -0.15) is 0 Å². The molecule has 0 bridgehead atoms. The third kappa shape index (κ3) is 3.34. The zero-order valence-corrected chi connectivity index (χ0v) is 13.0. The van der Waals surface area contributed by atoms with E-state index in [1.54, 1.807) is 24.3 Å². The Labute approximate surface area is 129 Å². The van der Waals surface area contributed by atoms with E-state index in [9.17, 15) is 13.2 Å². The van der Waals surface area contributed by atoms with Gasteiger partial charge in [0.2, 0.25) is 0 Å². The lowest BCUT2D eigenvalue weighted by Gasteiger charge is -2.12. The van der Waals surface area contributed by atoms with Crippen molar-refractivity contribution >= 4 is 43.3 Å². The zero-order valence-electron chi connectivity index (χ0n) is 10.6. The molecule has 0 unspecified atom stereocenters. The number of sulfonamides is 1. The van der Waals surface area contributed by atoms with Crippen LogP contribution >= 0.6 is 15.9 Å². The van der Waals surface area contributed by atoms with Gasteiger partial charge in [0, 0.05) is 10.2 Å². The topological polar surface area (TPSA) is 109 Å². The van der Waals surface area contributed by atoms with Crippen LogP contribution in [-0.4, -0.2) is 19.5 Å². The molecule has 110 valence electrons. The summed E-state index contributed by atoms with van der Waals surface area (Å²) in [5.41, 5.74) is 5.67. The number of hydrogen-bond donors (Lipinski definition) is 3. The van der Waals surface area contributed by atoms with E-state index in [0.29, 0.717) is 10.2 Å². The van der Waals surface area contributed by atoms with Crippen LogP contribution in [0.15, 0.2) is 51.8 Å². The number of aromatic carboxylic acids is 1. The summed E-state index contributed by atoms with van der Waals surface area (Å²) in [6.45, 7) is 0. The molecular formula is C13H11BrN2O4S. The second-order valence-corrected chi connectivity index (χ2v) is 6.65. The monoisotopic (exact) mass is 370 g/mol. The molecule has 0 amide bonds. The second kappa shape index (κ2) is 5.74. The van der Waals surface area contributed by atoms with E-state index in [2.05, 4.69) is 20.7 Å². The first-order valence-corrected chi connectivity index (χ1v) is 7.99. The maximum Gasteiger partial charge on any atom is 0.337 e. The highest BCUT2D eigenvalue weighted by molar-refractivity contribution is 9.10. The Morgan fingerprint density at radius 2 is 1.86 bits per heavy atom. The predicted octanol–water partition coefficient (Wildman–Crippen LogP) is 2.53. The molecule has 0 saturated heterocycles. The third-order valence-electron chi connectivity index (χ3n) is 2.64. The van der Waals surface area contributed by atoms with Gasteiger partial charge in [0.15, 0.2) is 0 Å². The third-order valence-corrected chi connectivity index (χ3v) is 4.74. The Balaban J connectivity index is 2.52. The van der Waals surface area contributed by atoms with Gasteiger partial charge in [0.1, 0.15) is 4.90 Å². The first-order valence-electron chi connectivity index (χ1n) is 5.71. The van der Waals surface area contributed by atoms with Crippen molar-refractivity contribution in [3.63, 3.8) is 0 Å². The first-order chi connectivity index (χ1) is 9.81. The molecule has 4 N–H and O–H groups in total. The molecule has 0 saturated carbocycles. The van der Waals surface area contributed by atoms with Crippen molar-refractivity contribution in [2.24, 2.45) is 0 Å². The number of halogens is 1. The highest BCUT2D eigenvalue weighted by Crippen LogP contribution is 2.26. The van der Waals surface area contributed by atoms with Crippen molar-refractivity contribution in [1.29, 1.82) is 0 Å². The number of nitrogen functional groups attached to an aromatic ring is 1. The lowest BCUT2D eigenvalue weighted by molar-refractivity contribution is 0.0692. The average molecular weight is 371 g/mol. The maximum atomic E-state index is 12.4. The minimum atomic E-state index is -4.07. The Kier molecular flexibility index (Phi) is 4.19. The zero-order chi connectivity index (χ0) is 15.6. The molecular weight excluding hydrogens is 360 g/mol. The van der Waals surface area contributed by atoms with Gasteiger partial charge < -0.3 is 10.8 Å². The van der Waals surface area contributed by atoms with Gasteiger partial charge in [0.25, 0.3) is 10.0 Å². The van der Waals surface area contributed by atoms with Crippen LogP contribution in [0.2, 0.25) is 0 Å². The number of carboxylic acid groups (broad SMARTS) is 1. The van der Waals surface area contributed by atoms with Crippen LogP contribution in [0.5, 0.6) is 0 Å². The van der Waals surface area contributed by atoms with E-state index in [4.69, 9.17) is 10.8 Å². The van der Waals surface area contributed by atoms with E-state index in [1.807, 2.05) is 0 Å². The van der Waals surface area contributed by atoms with Crippen molar-refractivity contribution in [2.45, 2.75) is 4.90 Å². The number of carboxylic acids is 1. The maximum absolute atomic E-state index is 12.4. The van der Waals surface area contributed by atoms with Crippen molar-refractivity contribution in [1.82, 2.24) is 0 Å². The molecule has 2 rings (SSSR count). The van der Waals surface area contributed by atoms with Crippen molar-refractivity contribution in [3.8, 4) is 0 Å². The van der Waals surface area contributed by atoms with Gasteiger partial charge in [-0.05, 0) is 46.3 Å². The number of rotatable bonds is 4. The molecule has 8 heteroatoms. The largest absolute Gasteiger partial charge is 0.478 e. The molecule has 0 fully saturated rings. The van der Waals surface area contributed by atoms with Crippen molar-refractivity contribution in [3.05, 3.63) is 52.5 Å². The molecule has 21 heavy (non-hydrogen) atoms. The van der Waals surface area contributed by atoms with Gasteiger partial charge in [-0.3, -0.25) is 4.72 Å². The standard InChI is InChI=1S/C13H11BrN2O4S/c14-10-3-1-2-4-11(10)16-21(19,20)12-7-8(15)5-6-9(12)13(17)18/h1-7,16H,15H2,(H,17,18). The molecule has 0 aliphatic heterocycles. The summed E-state index contributed by atoms with van der Waals surface area (Å²) in [6.07, 6.45) is 0. The fourth-order valence-electron chi connectivity index (χ4n) is 1.68. The van der Waals surface area contributed by atoms with Crippen LogP contribution in [0.3, 0.4) is 0 Å². The molecule has 0 aliphatic carbocycles. The van der Waals surface area contributed by atoms with Gasteiger partial charge in [-0.25, -0.2) is 13.2 Å². The minimum absolute atomic E-state index is 0.160.